The van der Waals surface area contributed by atoms with E-state index < -0.39 is 46.1 Å². The summed E-state index contributed by atoms with van der Waals surface area (Å²) in [7, 11) is 1.43. The van der Waals surface area contributed by atoms with Gasteiger partial charge >= 0.3 is 12.0 Å². The van der Waals surface area contributed by atoms with E-state index in [9.17, 15) is 24.0 Å². The first-order valence-electron chi connectivity index (χ1n) is 16.3. The minimum Gasteiger partial charge on any atom is -0.495 e. The maximum Gasteiger partial charge on any atom is 0.338 e. The average molecular weight is 699 g/mol. The second-order valence-electron chi connectivity index (χ2n) is 11.8. The third-order valence-corrected chi connectivity index (χ3v) is 9.38. The molecular weight excluding hydrogens is 654 g/mol. The van der Waals surface area contributed by atoms with Gasteiger partial charge in [0.2, 0.25) is 11.3 Å². The lowest BCUT2D eigenvalue weighted by molar-refractivity contribution is -0.145. The third kappa shape index (κ3) is 6.99. The number of ether oxygens (including phenoxy) is 2. The Bertz CT molecular complexity index is 1420. The fraction of sp³-hybridized carbons (Fsp3) is 0.514. The summed E-state index contributed by atoms with van der Waals surface area (Å²) in [4.78, 5) is 68.9. The molecule has 2 aliphatic rings. The van der Waals surface area contributed by atoms with Crippen LogP contribution in [0.5, 0.6) is 5.75 Å². The van der Waals surface area contributed by atoms with Gasteiger partial charge in [0.05, 0.1) is 31.0 Å². The molecule has 46 heavy (non-hydrogen) atoms. The second-order valence-corrected chi connectivity index (χ2v) is 12.7. The normalized spacial score (nSPS) is 20.8. The Labute approximate surface area is 279 Å². The van der Waals surface area contributed by atoms with Crippen molar-refractivity contribution in [2.24, 2.45) is 0 Å². The fourth-order valence-electron chi connectivity index (χ4n) is 6.37. The van der Waals surface area contributed by atoms with Crippen LogP contribution in [0.15, 0.2) is 48.5 Å². The van der Waals surface area contributed by atoms with Gasteiger partial charge in [-0.15, -0.1) is 0 Å². The molecule has 0 bridgehead atoms. The number of nitrogens with one attached hydrogen (secondary N) is 1. The summed E-state index contributed by atoms with van der Waals surface area (Å²) in [6, 6.07) is 10.9. The minimum atomic E-state index is -2.13. The van der Waals surface area contributed by atoms with E-state index in [0.29, 0.717) is 0 Å². The molecule has 2 aromatic carbocycles. The van der Waals surface area contributed by atoms with Crippen LogP contribution in [0.4, 0.5) is 10.5 Å². The SMILES string of the molecule is CCCCCCCCCCCCOC(=O)c1ccc(OC)c(N2C(=O)C(C(=O)c3ccccc3)(N3C(=O)N[C@H](Br)C3=O)C2CC)c1. The van der Waals surface area contributed by atoms with Gasteiger partial charge in [0.25, 0.3) is 11.8 Å². The quantitative estimate of drug-likeness (QED) is 0.0266. The molecule has 2 unspecified atom stereocenters. The van der Waals surface area contributed by atoms with Crippen molar-refractivity contribution in [3.05, 3.63) is 59.7 Å². The van der Waals surface area contributed by atoms with E-state index in [-0.39, 0.29) is 35.6 Å². The van der Waals surface area contributed by atoms with Crippen molar-refractivity contribution in [1.29, 1.82) is 0 Å². The first-order chi connectivity index (χ1) is 22.2. The van der Waals surface area contributed by atoms with E-state index in [0.717, 1.165) is 24.2 Å². The Morgan fingerprint density at radius 3 is 2.07 bits per heavy atom. The molecule has 4 rings (SSSR count). The molecule has 0 radical (unpaired) electrons. The highest BCUT2D eigenvalue weighted by atomic mass is 79.9. The number of Topliss-reactive ketones (excluding diaryl/α,β-unsaturated/α-hetero) is 1. The predicted octanol–water partition coefficient (Wildman–Crippen LogP) is 6.79. The van der Waals surface area contributed by atoms with Gasteiger partial charge in [0, 0.05) is 5.56 Å². The van der Waals surface area contributed by atoms with Gasteiger partial charge in [-0.2, -0.15) is 0 Å². The lowest BCUT2D eigenvalue weighted by atomic mass is 9.70. The number of β-lactam (4-membered cyclic amide) rings is 1. The lowest BCUT2D eigenvalue weighted by Crippen LogP contribution is -2.84. The first kappa shape index (κ1) is 35.1. The van der Waals surface area contributed by atoms with Crippen molar-refractivity contribution >= 4 is 51.2 Å². The number of imide groups is 1. The average Bonchev–Trinajstić information content (AvgIpc) is 3.32. The van der Waals surface area contributed by atoms with Gasteiger partial charge in [-0.05, 0) is 31.0 Å². The van der Waals surface area contributed by atoms with Gasteiger partial charge in [0.15, 0.2) is 4.95 Å². The highest BCUT2D eigenvalue weighted by Gasteiger charge is 2.72. The lowest BCUT2D eigenvalue weighted by Gasteiger charge is -2.57. The molecule has 0 saturated carbocycles. The summed E-state index contributed by atoms with van der Waals surface area (Å²) in [6.45, 7) is 4.26. The Morgan fingerprint density at radius 1 is 0.870 bits per heavy atom. The molecule has 4 amide bonds. The molecule has 11 heteroatoms. The number of ketones is 1. The number of carbonyl (C=O) groups excluding carboxylic acids is 5. The van der Waals surface area contributed by atoms with E-state index in [2.05, 4.69) is 28.2 Å². The monoisotopic (exact) mass is 697 g/mol. The van der Waals surface area contributed by atoms with Crippen LogP contribution in [0.1, 0.15) is 105 Å². The number of hydrogen-bond acceptors (Lipinski definition) is 7. The molecule has 0 spiro atoms. The van der Waals surface area contributed by atoms with Gasteiger partial charge in [-0.25, -0.2) is 14.5 Å². The standard InChI is InChI=1S/C35H44BrN3O7/c1-4-6-7-8-9-10-11-12-13-17-22-46-32(42)25-20-21-27(45-3)26(23-25)38-28(5-2)35(33(38)43,29(40)24-18-15-14-16-19-24)39-31(41)30(36)37-34(39)44/h14-16,18-21,23,28,30H,4-13,17,22H2,1-3H3,(H,37,44)/t28?,30-,35?/m0/s1. The number of alkyl halides is 1. The molecular formula is C35H44BrN3O7. The van der Waals surface area contributed by atoms with Crippen molar-refractivity contribution in [1.82, 2.24) is 10.2 Å². The van der Waals surface area contributed by atoms with Gasteiger partial charge < -0.3 is 14.8 Å². The molecule has 10 nitrogen and oxygen atoms in total. The second kappa shape index (κ2) is 16.2. The van der Waals surface area contributed by atoms with Crippen LogP contribution in [0, 0.1) is 0 Å². The summed E-state index contributed by atoms with van der Waals surface area (Å²) < 4.78 is 11.1. The third-order valence-electron chi connectivity index (χ3n) is 8.76. The van der Waals surface area contributed by atoms with Crippen LogP contribution in [0.2, 0.25) is 0 Å². The predicted molar refractivity (Wildman–Crippen MR) is 178 cm³/mol. The van der Waals surface area contributed by atoms with Crippen LogP contribution in [0.25, 0.3) is 0 Å². The number of urea groups is 1. The Balaban J connectivity index is 1.50. The Kier molecular flexibility index (Phi) is 12.4. The van der Waals surface area contributed by atoms with E-state index >= 15 is 0 Å². The number of benzene rings is 2. The molecule has 248 valence electrons. The number of esters is 1. The minimum absolute atomic E-state index is 0.184. The van der Waals surface area contributed by atoms with Gasteiger partial charge in [-0.1, -0.05) is 118 Å². The van der Waals surface area contributed by atoms with E-state index in [1.165, 1.54) is 63.0 Å². The maximum absolute atomic E-state index is 14.3. The Hall–Kier alpha value is -3.73. The van der Waals surface area contributed by atoms with Crippen LogP contribution < -0.4 is 15.0 Å². The fourth-order valence-corrected chi connectivity index (χ4v) is 6.77. The van der Waals surface area contributed by atoms with E-state index in [1.54, 1.807) is 49.4 Å². The molecule has 2 heterocycles. The number of rotatable bonds is 18. The van der Waals surface area contributed by atoms with Crippen LogP contribution in [-0.2, 0) is 14.3 Å². The van der Waals surface area contributed by atoms with Gasteiger partial charge in [-0.3, -0.25) is 19.3 Å². The zero-order valence-corrected chi connectivity index (χ0v) is 28.5. The molecule has 0 aliphatic carbocycles. The van der Waals surface area contributed by atoms with Crippen LogP contribution >= 0.6 is 15.9 Å². The summed E-state index contributed by atoms with van der Waals surface area (Å²) in [5.41, 5.74) is -1.49. The zero-order chi connectivity index (χ0) is 33.3. The number of halogens is 1. The summed E-state index contributed by atoms with van der Waals surface area (Å²) in [5.74, 6) is -2.43. The van der Waals surface area contributed by atoms with Crippen molar-refractivity contribution in [2.45, 2.75) is 101 Å². The number of hydrogen-bond donors (Lipinski definition) is 1. The molecule has 2 saturated heterocycles. The molecule has 1 N–H and O–H groups in total. The number of nitrogens with zero attached hydrogens (tertiary/aromatic N) is 2. The largest absolute Gasteiger partial charge is 0.495 e. The zero-order valence-electron chi connectivity index (χ0n) is 26.9. The van der Waals surface area contributed by atoms with Crippen molar-refractivity contribution in [3.8, 4) is 5.75 Å². The van der Waals surface area contributed by atoms with Crippen molar-refractivity contribution in [3.63, 3.8) is 0 Å². The topological polar surface area (TPSA) is 122 Å². The molecule has 2 aromatic rings. The smallest absolute Gasteiger partial charge is 0.338 e. The highest BCUT2D eigenvalue weighted by molar-refractivity contribution is 9.10. The summed E-state index contributed by atoms with van der Waals surface area (Å²) >= 11 is 3.13. The number of amides is 4. The number of methoxy groups -OCH3 is 1. The van der Waals surface area contributed by atoms with Gasteiger partial charge in [0.1, 0.15) is 5.75 Å². The molecule has 2 aliphatic heterocycles. The van der Waals surface area contributed by atoms with Crippen LogP contribution in [0.3, 0.4) is 0 Å². The number of anilines is 1. The number of carbonyl (C=O) groups is 5. The van der Waals surface area contributed by atoms with Crippen molar-refractivity contribution in [2.75, 3.05) is 18.6 Å². The first-order valence-corrected chi connectivity index (χ1v) is 17.2. The van der Waals surface area contributed by atoms with E-state index in [4.69, 9.17) is 9.47 Å². The van der Waals surface area contributed by atoms with Crippen molar-refractivity contribution < 1.29 is 33.4 Å². The summed E-state index contributed by atoms with van der Waals surface area (Å²) in [5, 5.41) is 2.46. The number of unbranched alkanes of at least 4 members (excludes halogenated alkanes) is 9. The van der Waals surface area contributed by atoms with Crippen LogP contribution in [-0.4, -0.2) is 64.7 Å². The van der Waals surface area contributed by atoms with E-state index in [1.807, 2.05) is 0 Å². The molecule has 2 fully saturated rings. The summed E-state index contributed by atoms with van der Waals surface area (Å²) in [6.07, 6.45) is 11.9. The highest BCUT2D eigenvalue weighted by Crippen LogP contribution is 2.48. The maximum atomic E-state index is 14.3. The molecule has 3 atom stereocenters. The Morgan fingerprint density at radius 2 is 1.50 bits per heavy atom. The molecule has 0 aromatic heterocycles.